The summed E-state index contributed by atoms with van der Waals surface area (Å²) >= 11 is 4.92. The molecule has 0 atom stereocenters. The van der Waals surface area contributed by atoms with Gasteiger partial charge in [-0.15, -0.1) is 17.8 Å². The standard InChI is InChI=1S/C8H6BrNOS/c1-2-5-11-10-6-7-3-4-8(9)12-7/h1,3-4,6H,5H2/b10-6+. The van der Waals surface area contributed by atoms with Gasteiger partial charge in [0.15, 0.2) is 6.61 Å². The van der Waals surface area contributed by atoms with Crippen LogP contribution in [-0.4, -0.2) is 12.8 Å². The van der Waals surface area contributed by atoms with Crippen molar-refractivity contribution in [2.24, 2.45) is 5.16 Å². The number of terminal acetylenes is 1. The van der Waals surface area contributed by atoms with Gasteiger partial charge in [0.25, 0.3) is 0 Å². The fourth-order valence-electron chi connectivity index (χ4n) is 0.561. The van der Waals surface area contributed by atoms with E-state index in [2.05, 4.69) is 27.0 Å². The summed E-state index contributed by atoms with van der Waals surface area (Å²) < 4.78 is 1.07. The van der Waals surface area contributed by atoms with Crippen LogP contribution in [0, 0.1) is 12.3 Å². The monoisotopic (exact) mass is 243 g/mol. The maximum absolute atomic E-state index is 4.96. The molecule has 0 saturated heterocycles. The molecular weight excluding hydrogens is 238 g/mol. The summed E-state index contributed by atoms with van der Waals surface area (Å²) in [6, 6.07) is 3.89. The Bertz CT molecular complexity index is 313. The van der Waals surface area contributed by atoms with Crippen molar-refractivity contribution in [1.82, 2.24) is 0 Å². The van der Waals surface area contributed by atoms with Crippen LogP contribution < -0.4 is 0 Å². The second-order valence-electron chi connectivity index (χ2n) is 1.85. The molecule has 0 amide bonds. The summed E-state index contributed by atoms with van der Waals surface area (Å²) in [5.41, 5.74) is 0. The molecule has 0 bridgehead atoms. The molecule has 0 aliphatic heterocycles. The lowest BCUT2D eigenvalue weighted by Crippen LogP contribution is -1.82. The first-order chi connectivity index (χ1) is 5.83. The summed E-state index contributed by atoms with van der Waals surface area (Å²) in [7, 11) is 0. The van der Waals surface area contributed by atoms with E-state index in [1.165, 1.54) is 0 Å². The van der Waals surface area contributed by atoms with Crippen molar-refractivity contribution in [3.05, 3.63) is 20.8 Å². The Labute approximate surface area is 83.4 Å². The van der Waals surface area contributed by atoms with Gasteiger partial charge in [-0.05, 0) is 28.1 Å². The van der Waals surface area contributed by atoms with Gasteiger partial charge in [0.2, 0.25) is 0 Å². The summed E-state index contributed by atoms with van der Waals surface area (Å²) in [6.45, 7) is 0.211. The first-order valence-corrected chi connectivity index (χ1v) is 4.78. The van der Waals surface area contributed by atoms with Gasteiger partial charge in [-0.1, -0.05) is 11.1 Å². The first kappa shape index (κ1) is 9.30. The van der Waals surface area contributed by atoms with Crippen molar-refractivity contribution in [1.29, 1.82) is 0 Å². The van der Waals surface area contributed by atoms with Gasteiger partial charge in [0, 0.05) is 4.88 Å². The predicted molar refractivity (Wildman–Crippen MR) is 54.4 cm³/mol. The molecule has 1 aromatic rings. The van der Waals surface area contributed by atoms with E-state index in [1.54, 1.807) is 17.6 Å². The second-order valence-corrected chi connectivity index (χ2v) is 4.35. The van der Waals surface area contributed by atoms with E-state index in [1.807, 2.05) is 12.1 Å². The maximum Gasteiger partial charge on any atom is 0.177 e. The van der Waals surface area contributed by atoms with Crippen molar-refractivity contribution in [3.63, 3.8) is 0 Å². The molecule has 12 heavy (non-hydrogen) atoms. The van der Waals surface area contributed by atoms with E-state index < -0.39 is 0 Å². The normalized spacial score (nSPS) is 10.0. The maximum atomic E-state index is 4.96. The largest absolute Gasteiger partial charge is 0.383 e. The van der Waals surface area contributed by atoms with Gasteiger partial charge >= 0.3 is 0 Å². The van der Waals surface area contributed by atoms with Gasteiger partial charge in [-0.3, -0.25) is 0 Å². The van der Waals surface area contributed by atoms with Gasteiger partial charge in [-0.2, -0.15) is 0 Å². The highest BCUT2D eigenvalue weighted by Gasteiger charge is 1.92. The highest BCUT2D eigenvalue weighted by atomic mass is 79.9. The molecule has 62 valence electrons. The minimum atomic E-state index is 0.211. The summed E-state index contributed by atoms with van der Waals surface area (Å²) in [4.78, 5) is 5.75. The Morgan fingerprint density at radius 2 is 2.58 bits per heavy atom. The number of hydrogen-bond donors (Lipinski definition) is 0. The van der Waals surface area contributed by atoms with Crippen molar-refractivity contribution < 1.29 is 4.84 Å². The van der Waals surface area contributed by atoms with Crippen molar-refractivity contribution in [2.75, 3.05) is 6.61 Å². The summed E-state index contributed by atoms with van der Waals surface area (Å²) in [5, 5.41) is 3.67. The topological polar surface area (TPSA) is 21.6 Å². The summed E-state index contributed by atoms with van der Waals surface area (Å²) in [5.74, 6) is 2.32. The van der Waals surface area contributed by atoms with E-state index >= 15 is 0 Å². The van der Waals surface area contributed by atoms with Crippen LogP contribution in [0.5, 0.6) is 0 Å². The van der Waals surface area contributed by atoms with Crippen LogP contribution in [0.2, 0.25) is 0 Å². The molecule has 0 fully saturated rings. The Balaban J connectivity index is 2.42. The molecule has 2 nitrogen and oxygen atoms in total. The van der Waals surface area contributed by atoms with E-state index in [-0.39, 0.29) is 6.61 Å². The van der Waals surface area contributed by atoms with Crippen molar-refractivity contribution in [3.8, 4) is 12.3 Å². The van der Waals surface area contributed by atoms with Gasteiger partial charge in [-0.25, -0.2) is 0 Å². The summed E-state index contributed by atoms with van der Waals surface area (Å²) in [6.07, 6.45) is 6.59. The van der Waals surface area contributed by atoms with Crippen LogP contribution in [0.25, 0.3) is 0 Å². The molecule has 0 aromatic carbocycles. The fourth-order valence-corrected chi connectivity index (χ4v) is 1.85. The fraction of sp³-hybridized carbons (Fsp3) is 0.125. The molecule has 1 heterocycles. The first-order valence-electron chi connectivity index (χ1n) is 3.17. The number of nitrogens with zero attached hydrogens (tertiary/aromatic N) is 1. The Morgan fingerprint density at radius 1 is 1.75 bits per heavy atom. The number of oxime groups is 1. The van der Waals surface area contributed by atoms with Crippen LogP contribution in [0.1, 0.15) is 4.88 Å². The third kappa shape index (κ3) is 3.07. The van der Waals surface area contributed by atoms with Crippen LogP contribution in [-0.2, 0) is 4.84 Å². The number of halogens is 1. The molecule has 1 aromatic heterocycles. The molecule has 4 heteroatoms. The molecule has 0 radical (unpaired) electrons. The lowest BCUT2D eigenvalue weighted by atomic mass is 10.5. The lowest BCUT2D eigenvalue weighted by Gasteiger charge is -1.87. The quantitative estimate of drug-likeness (QED) is 0.346. The average Bonchev–Trinajstić information content (AvgIpc) is 2.45. The SMILES string of the molecule is C#CCO/N=C/c1ccc(Br)s1. The van der Waals surface area contributed by atoms with E-state index in [0.29, 0.717) is 0 Å². The molecule has 0 aliphatic carbocycles. The van der Waals surface area contributed by atoms with E-state index in [0.717, 1.165) is 8.66 Å². The molecular formula is C8H6BrNOS. The van der Waals surface area contributed by atoms with Gasteiger partial charge in [0.05, 0.1) is 10.0 Å². The molecule has 0 saturated carbocycles. The van der Waals surface area contributed by atoms with Crippen LogP contribution in [0.15, 0.2) is 21.1 Å². The van der Waals surface area contributed by atoms with E-state index in [4.69, 9.17) is 11.3 Å². The van der Waals surface area contributed by atoms with E-state index in [9.17, 15) is 0 Å². The Kier molecular flexibility index (Phi) is 3.85. The Morgan fingerprint density at radius 3 is 3.17 bits per heavy atom. The van der Waals surface area contributed by atoms with Crippen molar-refractivity contribution in [2.45, 2.75) is 0 Å². The number of hydrogen-bond acceptors (Lipinski definition) is 3. The zero-order valence-electron chi connectivity index (χ0n) is 6.16. The second kappa shape index (κ2) is 4.96. The zero-order valence-corrected chi connectivity index (χ0v) is 8.56. The van der Waals surface area contributed by atoms with Crippen molar-refractivity contribution >= 4 is 33.5 Å². The van der Waals surface area contributed by atoms with Gasteiger partial charge < -0.3 is 4.84 Å². The minimum Gasteiger partial charge on any atom is -0.383 e. The van der Waals surface area contributed by atoms with Crippen LogP contribution in [0.3, 0.4) is 0 Å². The molecule has 0 unspecified atom stereocenters. The van der Waals surface area contributed by atoms with Crippen LogP contribution >= 0.6 is 27.3 Å². The number of rotatable bonds is 3. The molecule has 0 spiro atoms. The molecule has 0 aliphatic rings. The minimum absolute atomic E-state index is 0.211. The predicted octanol–water partition coefficient (Wildman–Crippen LogP) is 2.49. The lowest BCUT2D eigenvalue weighted by molar-refractivity contribution is 0.182. The van der Waals surface area contributed by atoms with Gasteiger partial charge in [0.1, 0.15) is 0 Å². The zero-order chi connectivity index (χ0) is 8.81. The number of thiophene rings is 1. The molecule has 1 rings (SSSR count). The smallest absolute Gasteiger partial charge is 0.177 e. The third-order valence-corrected chi connectivity index (χ3v) is 2.55. The average molecular weight is 244 g/mol. The van der Waals surface area contributed by atoms with Crippen LogP contribution in [0.4, 0.5) is 0 Å². The Hall–Kier alpha value is -0.790. The highest BCUT2D eigenvalue weighted by molar-refractivity contribution is 9.11. The highest BCUT2D eigenvalue weighted by Crippen LogP contribution is 2.20. The third-order valence-electron chi connectivity index (χ3n) is 0.996. The molecule has 0 N–H and O–H groups in total.